The van der Waals surface area contributed by atoms with E-state index in [1.165, 1.54) is 4.88 Å². The lowest BCUT2D eigenvalue weighted by Gasteiger charge is -2.18. The van der Waals surface area contributed by atoms with Gasteiger partial charge in [0.15, 0.2) is 0 Å². The standard InChI is InChI=1S/C14H16Cl2N2S/c1-2-5-18-13(14-11(15)4-7-19-14)8-10-3-6-17-9-12(10)16/h3-4,6-7,9,13,18H,2,5,8H2,1H3. The zero-order valence-electron chi connectivity index (χ0n) is 10.7. The maximum Gasteiger partial charge on any atom is 0.0622 e. The Morgan fingerprint density at radius 1 is 1.32 bits per heavy atom. The number of nitrogens with zero attached hydrogens (tertiary/aromatic N) is 1. The first-order valence-electron chi connectivity index (χ1n) is 6.27. The van der Waals surface area contributed by atoms with E-state index in [0.29, 0.717) is 5.02 Å². The summed E-state index contributed by atoms with van der Waals surface area (Å²) in [6.07, 6.45) is 5.36. The second-order valence-electron chi connectivity index (χ2n) is 4.31. The highest BCUT2D eigenvalue weighted by molar-refractivity contribution is 7.10. The van der Waals surface area contributed by atoms with E-state index >= 15 is 0 Å². The number of nitrogens with one attached hydrogen (secondary N) is 1. The first-order chi connectivity index (χ1) is 9.22. The van der Waals surface area contributed by atoms with Crippen LogP contribution in [0.15, 0.2) is 29.9 Å². The predicted molar refractivity (Wildman–Crippen MR) is 83.3 cm³/mol. The number of aromatic nitrogens is 1. The van der Waals surface area contributed by atoms with Gasteiger partial charge in [0.1, 0.15) is 0 Å². The van der Waals surface area contributed by atoms with Crippen molar-refractivity contribution in [3.05, 3.63) is 50.4 Å². The van der Waals surface area contributed by atoms with E-state index in [0.717, 1.165) is 30.0 Å². The van der Waals surface area contributed by atoms with E-state index in [4.69, 9.17) is 23.2 Å². The van der Waals surface area contributed by atoms with Crippen LogP contribution in [-0.2, 0) is 6.42 Å². The minimum Gasteiger partial charge on any atom is -0.309 e. The molecule has 0 aliphatic rings. The minimum absolute atomic E-state index is 0.201. The van der Waals surface area contributed by atoms with Gasteiger partial charge in [0.2, 0.25) is 0 Å². The third-order valence-electron chi connectivity index (χ3n) is 2.88. The first kappa shape index (κ1) is 14.8. The molecule has 19 heavy (non-hydrogen) atoms. The Kier molecular flexibility index (Phi) is 5.64. The summed E-state index contributed by atoms with van der Waals surface area (Å²) in [4.78, 5) is 5.19. The Bertz CT molecular complexity index is 528. The number of hydrogen-bond donors (Lipinski definition) is 1. The Balaban J connectivity index is 2.19. The molecule has 2 aromatic rings. The van der Waals surface area contributed by atoms with Crippen LogP contribution >= 0.6 is 34.5 Å². The molecule has 0 bridgehead atoms. The first-order valence-corrected chi connectivity index (χ1v) is 7.90. The van der Waals surface area contributed by atoms with Crippen molar-refractivity contribution in [1.29, 1.82) is 0 Å². The average molecular weight is 315 g/mol. The molecule has 0 saturated carbocycles. The van der Waals surface area contributed by atoms with Gasteiger partial charge in [-0.05, 0) is 42.5 Å². The normalized spacial score (nSPS) is 12.6. The average Bonchev–Trinajstić information content (AvgIpc) is 2.83. The van der Waals surface area contributed by atoms with Gasteiger partial charge in [0, 0.05) is 23.3 Å². The van der Waals surface area contributed by atoms with E-state index in [1.54, 1.807) is 23.7 Å². The van der Waals surface area contributed by atoms with Gasteiger partial charge in [0.25, 0.3) is 0 Å². The highest BCUT2D eigenvalue weighted by Gasteiger charge is 2.17. The zero-order chi connectivity index (χ0) is 13.7. The van der Waals surface area contributed by atoms with E-state index in [-0.39, 0.29) is 6.04 Å². The molecule has 2 heterocycles. The summed E-state index contributed by atoms with van der Waals surface area (Å²) < 4.78 is 0. The topological polar surface area (TPSA) is 24.9 Å². The van der Waals surface area contributed by atoms with E-state index in [2.05, 4.69) is 17.2 Å². The second-order valence-corrected chi connectivity index (χ2v) is 6.07. The fraction of sp³-hybridized carbons (Fsp3) is 0.357. The Hall–Kier alpha value is -0.610. The monoisotopic (exact) mass is 314 g/mol. The molecule has 0 radical (unpaired) electrons. The van der Waals surface area contributed by atoms with Gasteiger partial charge in [-0.2, -0.15) is 0 Å². The summed E-state index contributed by atoms with van der Waals surface area (Å²) in [6.45, 7) is 3.11. The molecule has 102 valence electrons. The van der Waals surface area contributed by atoms with Crippen LogP contribution in [0.5, 0.6) is 0 Å². The van der Waals surface area contributed by atoms with Crippen molar-refractivity contribution in [3.63, 3.8) is 0 Å². The summed E-state index contributed by atoms with van der Waals surface area (Å²) >= 11 is 14.1. The summed E-state index contributed by atoms with van der Waals surface area (Å²) in [6, 6.07) is 4.10. The van der Waals surface area contributed by atoms with Crippen molar-refractivity contribution in [2.24, 2.45) is 0 Å². The molecule has 1 unspecified atom stereocenters. The molecule has 0 saturated heterocycles. The minimum atomic E-state index is 0.201. The lowest BCUT2D eigenvalue weighted by Crippen LogP contribution is -2.23. The molecular formula is C14H16Cl2N2S. The van der Waals surface area contributed by atoms with Gasteiger partial charge in [-0.1, -0.05) is 30.1 Å². The molecule has 0 spiro atoms. The van der Waals surface area contributed by atoms with Crippen LogP contribution in [0.2, 0.25) is 10.0 Å². The highest BCUT2D eigenvalue weighted by Crippen LogP contribution is 2.32. The molecule has 0 aromatic carbocycles. The molecule has 5 heteroatoms. The van der Waals surface area contributed by atoms with Gasteiger partial charge in [0.05, 0.1) is 10.0 Å². The second kappa shape index (κ2) is 7.25. The third-order valence-corrected chi connectivity index (χ3v) is 4.69. The van der Waals surface area contributed by atoms with E-state index < -0.39 is 0 Å². The van der Waals surface area contributed by atoms with Crippen LogP contribution in [0.4, 0.5) is 0 Å². The van der Waals surface area contributed by atoms with Crippen LogP contribution < -0.4 is 5.32 Å². The van der Waals surface area contributed by atoms with Crippen LogP contribution in [0, 0.1) is 0 Å². The number of halogens is 2. The summed E-state index contributed by atoms with van der Waals surface area (Å²) in [5.41, 5.74) is 1.09. The van der Waals surface area contributed by atoms with E-state index in [9.17, 15) is 0 Å². The predicted octanol–water partition coefficient (Wildman–Crippen LogP) is 4.73. The van der Waals surface area contributed by atoms with Gasteiger partial charge in [-0.3, -0.25) is 4.98 Å². The van der Waals surface area contributed by atoms with Crippen LogP contribution in [0.25, 0.3) is 0 Å². The summed E-state index contributed by atoms with van der Waals surface area (Å²) in [5, 5.41) is 7.09. The van der Waals surface area contributed by atoms with Crippen molar-refractivity contribution in [1.82, 2.24) is 10.3 Å². The quantitative estimate of drug-likeness (QED) is 0.833. The van der Waals surface area contributed by atoms with Crippen molar-refractivity contribution >= 4 is 34.5 Å². The maximum absolute atomic E-state index is 6.24. The molecule has 2 aromatic heterocycles. The van der Waals surface area contributed by atoms with Crippen molar-refractivity contribution in [3.8, 4) is 0 Å². The molecule has 1 N–H and O–H groups in total. The van der Waals surface area contributed by atoms with E-state index in [1.807, 2.05) is 17.5 Å². The maximum atomic E-state index is 6.24. The van der Waals surface area contributed by atoms with Gasteiger partial charge >= 0.3 is 0 Å². The molecule has 0 amide bonds. The third kappa shape index (κ3) is 3.93. The molecular weight excluding hydrogens is 299 g/mol. The Morgan fingerprint density at radius 2 is 2.16 bits per heavy atom. The van der Waals surface area contributed by atoms with Gasteiger partial charge in [-0.15, -0.1) is 11.3 Å². The molecule has 2 nitrogen and oxygen atoms in total. The molecule has 2 rings (SSSR count). The number of thiophene rings is 1. The molecule has 0 aliphatic carbocycles. The Morgan fingerprint density at radius 3 is 2.79 bits per heavy atom. The fourth-order valence-electron chi connectivity index (χ4n) is 1.92. The lowest BCUT2D eigenvalue weighted by atomic mass is 10.1. The number of hydrogen-bond acceptors (Lipinski definition) is 3. The van der Waals surface area contributed by atoms with Crippen LogP contribution in [0.3, 0.4) is 0 Å². The largest absolute Gasteiger partial charge is 0.309 e. The fourth-order valence-corrected chi connectivity index (χ4v) is 3.38. The smallest absolute Gasteiger partial charge is 0.0622 e. The zero-order valence-corrected chi connectivity index (χ0v) is 13.0. The molecule has 0 fully saturated rings. The summed E-state index contributed by atoms with van der Waals surface area (Å²) in [5.74, 6) is 0. The van der Waals surface area contributed by atoms with Crippen molar-refractivity contribution in [2.45, 2.75) is 25.8 Å². The van der Waals surface area contributed by atoms with Crippen LogP contribution in [0.1, 0.15) is 29.8 Å². The molecule has 0 aliphatic heterocycles. The lowest BCUT2D eigenvalue weighted by molar-refractivity contribution is 0.536. The van der Waals surface area contributed by atoms with Gasteiger partial charge < -0.3 is 5.32 Å². The SMILES string of the molecule is CCCNC(Cc1ccncc1Cl)c1sccc1Cl. The number of rotatable bonds is 6. The van der Waals surface area contributed by atoms with Crippen molar-refractivity contribution < 1.29 is 0 Å². The van der Waals surface area contributed by atoms with Crippen LogP contribution in [-0.4, -0.2) is 11.5 Å². The van der Waals surface area contributed by atoms with Crippen molar-refractivity contribution in [2.75, 3.05) is 6.54 Å². The highest BCUT2D eigenvalue weighted by atomic mass is 35.5. The summed E-state index contributed by atoms with van der Waals surface area (Å²) in [7, 11) is 0. The molecule has 1 atom stereocenters. The Labute approximate surface area is 127 Å². The van der Waals surface area contributed by atoms with Gasteiger partial charge in [-0.25, -0.2) is 0 Å². The number of pyridine rings is 1.